The molecule has 0 aliphatic carbocycles. The SMILES string of the molecule is CN(C(=O)c1ccc(-c2ccc([N+](=O)[O-])cc2)cc1)C(C)(c1cccc2ccccc12)C1CCCCNC1. The zero-order valence-electron chi connectivity index (χ0n) is 21.9. The van der Waals surface area contributed by atoms with Crippen molar-refractivity contribution in [2.45, 2.75) is 31.7 Å². The molecule has 4 aromatic carbocycles. The molecule has 6 heteroatoms. The van der Waals surface area contributed by atoms with Crippen LogP contribution in [0.4, 0.5) is 5.69 Å². The summed E-state index contributed by atoms with van der Waals surface area (Å²) in [4.78, 5) is 26.5. The number of nitrogens with one attached hydrogen (secondary N) is 1. The molecule has 1 saturated heterocycles. The lowest BCUT2D eigenvalue weighted by Crippen LogP contribution is -2.52. The number of hydrogen-bond acceptors (Lipinski definition) is 4. The maximum absolute atomic E-state index is 14.0. The normalized spacial score (nSPS) is 17.4. The van der Waals surface area contributed by atoms with Gasteiger partial charge in [-0.05, 0) is 84.0 Å². The first kappa shape index (κ1) is 25.6. The standard InChI is InChI=1S/C32H33N3O3/c1-32(27-10-5-6-21-33-22-27,30-12-7-9-25-8-3-4-11-29(25)30)34(2)31(36)26-15-13-23(14-16-26)24-17-19-28(20-18-24)35(37)38/h3-4,7-9,11-20,27,33H,5-6,10,21-22H2,1-2H3. The molecule has 0 aromatic heterocycles. The van der Waals surface area contributed by atoms with E-state index >= 15 is 0 Å². The molecule has 6 nitrogen and oxygen atoms in total. The van der Waals surface area contributed by atoms with Crippen molar-refractivity contribution in [3.8, 4) is 11.1 Å². The van der Waals surface area contributed by atoms with Crippen molar-refractivity contribution >= 4 is 22.4 Å². The Morgan fingerprint density at radius 2 is 1.58 bits per heavy atom. The number of fused-ring (bicyclic) bond motifs is 1. The first-order valence-corrected chi connectivity index (χ1v) is 13.2. The second-order valence-electron chi connectivity index (χ2n) is 10.3. The predicted molar refractivity (Wildman–Crippen MR) is 152 cm³/mol. The number of carbonyl (C=O) groups excluding carboxylic acids is 1. The van der Waals surface area contributed by atoms with Crippen LogP contribution in [0.15, 0.2) is 91.0 Å². The molecule has 0 bridgehead atoms. The lowest BCUT2D eigenvalue weighted by atomic mass is 9.74. The van der Waals surface area contributed by atoms with Crippen molar-refractivity contribution in [3.63, 3.8) is 0 Å². The van der Waals surface area contributed by atoms with Gasteiger partial charge in [0.05, 0.1) is 10.5 Å². The van der Waals surface area contributed by atoms with Crippen LogP contribution in [0.3, 0.4) is 0 Å². The Bertz CT molecular complexity index is 1440. The monoisotopic (exact) mass is 507 g/mol. The van der Waals surface area contributed by atoms with Crippen molar-refractivity contribution in [1.82, 2.24) is 10.2 Å². The first-order chi connectivity index (χ1) is 18.4. The second-order valence-corrected chi connectivity index (χ2v) is 10.3. The number of rotatable bonds is 6. The minimum absolute atomic E-state index is 0.0278. The Balaban J connectivity index is 1.50. The van der Waals surface area contributed by atoms with E-state index in [1.165, 1.54) is 28.5 Å². The highest BCUT2D eigenvalue weighted by Gasteiger charge is 2.43. The smallest absolute Gasteiger partial charge is 0.269 e. The van der Waals surface area contributed by atoms with Gasteiger partial charge in [-0.25, -0.2) is 0 Å². The third kappa shape index (κ3) is 4.79. The molecular weight excluding hydrogens is 474 g/mol. The van der Waals surface area contributed by atoms with Gasteiger partial charge in [0.2, 0.25) is 0 Å². The van der Waals surface area contributed by atoms with Crippen LogP contribution >= 0.6 is 0 Å². The summed E-state index contributed by atoms with van der Waals surface area (Å²) in [5, 5.41) is 16.9. The lowest BCUT2D eigenvalue weighted by Gasteiger charge is -2.46. The van der Waals surface area contributed by atoms with Gasteiger partial charge in [-0.2, -0.15) is 0 Å². The zero-order valence-corrected chi connectivity index (χ0v) is 21.9. The van der Waals surface area contributed by atoms with E-state index in [-0.39, 0.29) is 17.5 Å². The van der Waals surface area contributed by atoms with Crippen molar-refractivity contribution in [1.29, 1.82) is 0 Å². The third-order valence-corrected chi connectivity index (χ3v) is 8.22. The Kier molecular flexibility index (Phi) is 7.25. The quantitative estimate of drug-likeness (QED) is 0.230. The first-order valence-electron chi connectivity index (χ1n) is 13.2. The number of amides is 1. The number of nitro groups is 1. The zero-order chi connectivity index (χ0) is 26.7. The van der Waals surface area contributed by atoms with E-state index < -0.39 is 10.5 Å². The number of hydrogen-bond donors (Lipinski definition) is 1. The minimum Gasteiger partial charge on any atom is -0.332 e. The van der Waals surface area contributed by atoms with Crippen LogP contribution in [0.5, 0.6) is 0 Å². The molecule has 0 saturated carbocycles. The van der Waals surface area contributed by atoms with Crippen LogP contribution in [-0.4, -0.2) is 35.9 Å². The molecular formula is C32H33N3O3. The molecule has 4 aromatic rings. The number of nitrogens with zero attached hydrogens (tertiary/aromatic N) is 2. The topological polar surface area (TPSA) is 75.5 Å². The summed E-state index contributed by atoms with van der Waals surface area (Å²) < 4.78 is 0. The molecule has 1 heterocycles. The van der Waals surface area contributed by atoms with Crippen LogP contribution < -0.4 is 5.32 Å². The highest BCUT2D eigenvalue weighted by Crippen LogP contribution is 2.42. The predicted octanol–water partition coefficient (Wildman–Crippen LogP) is 6.79. The average Bonchev–Trinajstić information content (AvgIpc) is 3.26. The molecule has 194 valence electrons. The van der Waals surface area contributed by atoms with Gasteiger partial charge in [0.15, 0.2) is 0 Å². The van der Waals surface area contributed by atoms with Crippen molar-refractivity contribution < 1.29 is 9.72 Å². The highest BCUT2D eigenvalue weighted by molar-refractivity contribution is 5.96. The fourth-order valence-electron chi connectivity index (χ4n) is 5.83. The number of benzene rings is 4. The fraction of sp³-hybridized carbons (Fsp3) is 0.281. The van der Waals surface area contributed by atoms with Crippen LogP contribution in [-0.2, 0) is 5.54 Å². The van der Waals surface area contributed by atoms with E-state index in [4.69, 9.17) is 0 Å². The molecule has 1 N–H and O–H groups in total. The maximum Gasteiger partial charge on any atom is 0.269 e. The molecule has 2 atom stereocenters. The number of carbonyl (C=O) groups is 1. The Hall–Kier alpha value is -4.03. The van der Waals surface area contributed by atoms with E-state index in [0.29, 0.717) is 5.56 Å². The van der Waals surface area contributed by atoms with Gasteiger partial charge in [0, 0.05) is 31.3 Å². The molecule has 1 amide bonds. The molecule has 0 radical (unpaired) electrons. The van der Waals surface area contributed by atoms with Crippen LogP contribution in [0.2, 0.25) is 0 Å². The highest BCUT2D eigenvalue weighted by atomic mass is 16.6. The fourth-order valence-corrected chi connectivity index (χ4v) is 5.83. The summed E-state index contributed by atoms with van der Waals surface area (Å²) in [6.45, 7) is 4.08. The van der Waals surface area contributed by atoms with Crippen molar-refractivity contribution in [3.05, 3.63) is 112 Å². The van der Waals surface area contributed by atoms with E-state index in [2.05, 4.69) is 54.7 Å². The van der Waals surface area contributed by atoms with E-state index in [9.17, 15) is 14.9 Å². The van der Waals surface area contributed by atoms with E-state index in [1.807, 2.05) is 36.2 Å². The molecule has 0 spiro atoms. The summed E-state index contributed by atoms with van der Waals surface area (Å²) in [5.41, 5.74) is 3.10. The molecule has 5 rings (SSSR count). The van der Waals surface area contributed by atoms with Crippen molar-refractivity contribution in [2.75, 3.05) is 20.1 Å². The molecule has 38 heavy (non-hydrogen) atoms. The largest absolute Gasteiger partial charge is 0.332 e. The Morgan fingerprint density at radius 1 is 0.921 bits per heavy atom. The van der Waals surface area contributed by atoms with Gasteiger partial charge in [-0.3, -0.25) is 14.9 Å². The summed E-state index contributed by atoms with van der Waals surface area (Å²) >= 11 is 0. The van der Waals surface area contributed by atoms with Gasteiger partial charge < -0.3 is 10.2 Å². The molecule has 1 fully saturated rings. The van der Waals surface area contributed by atoms with Crippen LogP contribution in [0.1, 0.15) is 42.1 Å². The van der Waals surface area contributed by atoms with E-state index in [1.54, 1.807) is 12.1 Å². The molecule has 2 unspecified atom stereocenters. The van der Waals surface area contributed by atoms with Crippen LogP contribution in [0, 0.1) is 16.0 Å². The Morgan fingerprint density at radius 3 is 2.29 bits per heavy atom. The summed E-state index contributed by atoms with van der Waals surface area (Å²) in [6, 6.07) is 28.8. The summed E-state index contributed by atoms with van der Waals surface area (Å²) in [5.74, 6) is 0.226. The maximum atomic E-state index is 14.0. The van der Waals surface area contributed by atoms with E-state index in [0.717, 1.165) is 43.5 Å². The minimum atomic E-state index is -0.522. The number of non-ortho nitro benzene ring substituents is 1. The van der Waals surface area contributed by atoms with Gasteiger partial charge >= 0.3 is 0 Å². The van der Waals surface area contributed by atoms with Crippen LogP contribution in [0.25, 0.3) is 21.9 Å². The molecule has 1 aliphatic heterocycles. The molecule has 1 aliphatic rings. The average molecular weight is 508 g/mol. The second kappa shape index (κ2) is 10.8. The van der Waals surface area contributed by atoms with Gasteiger partial charge in [0.1, 0.15) is 0 Å². The van der Waals surface area contributed by atoms with Gasteiger partial charge in [-0.1, -0.05) is 61.0 Å². The van der Waals surface area contributed by atoms with Crippen molar-refractivity contribution in [2.24, 2.45) is 5.92 Å². The summed E-state index contributed by atoms with van der Waals surface area (Å²) in [7, 11) is 1.93. The lowest BCUT2D eigenvalue weighted by molar-refractivity contribution is -0.384. The van der Waals surface area contributed by atoms with Gasteiger partial charge in [-0.15, -0.1) is 0 Å². The summed E-state index contributed by atoms with van der Waals surface area (Å²) in [6.07, 6.45) is 3.32. The Labute approximate surface area is 223 Å². The number of nitro benzene ring substituents is 1. The third-order valence-electron chi connectivity index (χ3n) is 8.22. The van der Waals surface area contributed by atoms with Gasteiger partial charge in [0.25, 0.3) is 11.6 Å².